The van der Waals surface area contributed by atoms with Crippen LogP contribution in [-0.2, 0) is 0 Å². The van der Waals surface area contributed by atoms with Crippen LogP contribution >= 0.6 is 0 Å². The average molecular weight is 315 g/mol. The summed E-state index contributed by atoms with van der Waals surface area (Å²) in [5.41, 5.74) is 1.15. The first-order chi connectivity index (χ1) is 11.0. The molecule has 0 spiro atoms. The molecule has 0 saturated heterocycles. The average Bonchev–Trinajstić information content (AvgIpc) is 2.54. The van der Waals surface area contributed by atoms with Gasteiger partial charge in [0.1, 0.15) is 17.2 Å². The number of hydrogen-bond acceptors (Lipinski definition) is 4. The fourth-order valence-corrected chi connectivity index (χ4v) is 2.04. The van der Waals surface area contributed by atoms with Gasteiger partial charge in [-0.25, -0.2) is 0 Å². The maximum absolute atomic E-state index is 12.3. The number of ether oxygens (including phenoxy) is 3. The van der Waals surface area contributed by atoms with E-state index < -0.39 is 0 Å². The first kappa shape index (κ1) is 16.7. The molecule has 0 aliphatic rings. The number of carbonyl (C=O) groups excluding carboxylic acids is 1. The van der Waals surface area contributed by atoms with Gasteiger partial charge in [0.25, 0.3) is 5.91 Å². The Morgan fingerprint density at radius 3 is 1.96 bits per heavy atom. The van der Waals surface area contributed by atoms with Crippen LogP contribution in [-0.4, -0.2) is 26.2 Å². The van der Waals surface area contributed by atoms with E-state index in [9.17, 15) is 4.79 Å². The third-order valence-electron chi connectivity index (χ3n) is 3.10. The Balaban J connectivity index is 2.12. The van der Waals surface area contributed by atoms with Gasteiger partial charge in [-0.15, -0.1) is 0 Å². The van der Waals surface area contributed by atoms with Crippen LogP contribution in [0, 0.1) is 0 Å². The van der Waals surface area contributed by atoms with Crippen molar-refractivity contribution in [1.29, 1.82) is 0 Å². The van der Waals surface area contributed by atoms with Crippen molar-refractivity contribution in [2.75, 3.05) is 19.5 Å². The lowest BCUT2D eigenvalue weighted by Crippen LogP contribution is -2.12. The lowest BCUT2D eigenvalue weighted by Gasteiger charge is -2.11. The van der Waals surface area contributed by atoms with Crippen molar-refractivity contribution in [3.8, 4) is 17.2 Å². The van der Waals surface area contributed by atoms with E-state index in [2.05, 4.69) is 5.32 Å². The first-order valence-corrected chi connectivity index (χ1v) is 7.33. The number of anilines is 1. The molecule has 2 rings (SSSR count). The van der Waals surface area contributed by atoms with Gasteiger partial charge in [-0.3, -0.25) is 4.79 Å². The van der Waals surface area contributed by atoms with Crippen molar-refractivity contribution in [1.82, 2.24) is 0 Å². The third kappa shape index (κ3) is 4.64. The summed E-state index contributed by atoms with van der Waals surface area (Å²) in [5, 5.41) is 2.83. The molecule has 5 nitrogen and oxygen atoms in total. The summed E-state index contributed by atoms with van der Waals surface area (Å²) >= 11 is 0. The van der Waals surface area contributed by atoms with Crippen LogP contribution in [0.25, 0.3) is 0 Å². The molecule has 5 heteroatoms. The van der Waals surface area contributed by atoms with E-state index in [1.165, 1.54) is 0 Å². The SMILES string of the molecule is COc1cc(NC(=O)c2ccc(OC(C)C)cc2)cc(OC)c1. The van der Waals surface area contributed by atoms with Crippen molar-refractivity contribution in [3.63, 3.8) is 0 Å². The Morgan fingerprint density at radius 1 is 0.913 bits per heavy atom. The summed E-state index contributed by atoms with van der Waals surface area (Å²) in [6.45, 7) is 3.91. The van der Waals surface area contributed by atoms with E-state index in [-0.39, 0.29) is 12.0 Å². The van der Waals surface area contributed by atoms with E-state index in [1.807, 2.05) is 13.8 Å². The van der Waals surface area contributed by atoms with Gasteiger partial charge in [-0.05, 0) is 38.1 Å². The van der Waals surface area contributed by atoms with Crippen LogP contribution in [0.4, 0.5) is 5.69 Å². The second-order valence-electron chi connectivity index (χ2n) is 5.25. The number of benzene rings is 2. The smallest absolute Gasteiger partial charge is 0.255 e. The lowest BCUT2D eigenvalue weighted by atomic mass is 10.2. The quantitative estimate of drug-likeness (QED) is 0.882. The topological polar surface area (TPSA) is 56.8 Å². The number of carbonyl (C=O) groups is 1. The van der Waals surface area contributed by atoms with Crippen molar-refractivity contribution in [2.24, 2.45) is 0 Å². The monoisotopic (exact) mass is 315 g/mol. The molecule has 0 bridgehead atoms. The molecule has 1 amide bonds. The van der Waals surface area contributed by atoms with E-state index in [1.54, 1.807) is 56.7 Å². The zero-order valence-corrected chi connectivity index (χ0v) is 13.8. The first-order valence-electron chi connectivity index (χ1n) is 7.33. The summed E-state index contributed by atoms with van der Waals surface area (Å²) in [7, 11) is 3.13. The molecule has 0 aromatic heterocycles. The van der Waals surface area contributed by atoms with Crippen molar-refractivity contribution >= 4 is 11.6 Å². The van der Waals surface area contributed by atoms with E-state index in [0.29, 0.717) is 22.7 Å². The molecule has 1 N–H and O–H groups in total. The summed E-state index contributed by atoms with van der Waals surface area (Å²) in [5.74, 6) is 1.75. The molecule has 0 fully saturated rings. The van der Waals surface area contributed by atoms with E-state index >= 15 is 0 Å². The summed E-state index contributed by atoms with van der Waals surface area (Å²) in [6, 6.07) is 12.2. The van der Waals surface area contributed by atoms with E-state index in [0.717, 1.165) is 5.75 Å². The Kier molecular flexibility index (Phi) is 5.46. The Hall–Kier alpha value is -2.69. The molecule has 0 atom stereocenters. The molecule has 23 heavy (non-hydrogen) atoms. The molecular weight excluding hydrogens is 294 g/mol. The molecule has 0 unspecified atom stereocenters. The normalized spacial score (nSPS) is 10.3. The van der Waals surface area contributed by atoms with Gasteiger partial charge in [0.2, 0.25) is 0 Å². The van der Waals surface area contributed by atoms with Gasteiger partial charge in [-0.2, -0.15) is 0 Å². The van der Waals surface area contributed by atoms with Crippen molar-refractivity contribution in [3.05, 3.63) is 48.0 Å². The molecule has 122 valence electrons. The molecule has 2 aromatic carbocycles. The highest BCUT2D eigenvalue weighted by Crippen LogP contribution is 2.26. The highest BCUT2D eigenvalue weighted by molar-refractivity contribution is 6.04. The summed E-state index contributed by atoms with van der Waals surface area (Å²) in [4.78, 5) is 12.3. The zero-order valence-electron chi connectivity index (χ0n) is 13.8. The van der Waals surface area contributed by atoms with Crippen LogP contribution in [0.5, 0.6) is 17.2 Å². The number of methoxy groups -OCH3 is 2. The fourth-order valence-electron chi connectivity index (χ4n) is 2.04. The van der Waals surface area contributed by atoms with Gasteiger partial charge < -0.3 is 19.5 Å². The lowest BCUT2D eigenvalue weighted by molar-refractivity contribution is 0.102. The minimum Gasteiger partial charge on any atom is -0.497 e. The standard InChI is InChI=1S/C18H21NO4/c1-12(2)23-15-7-5-13(6-8-15)18(20)19-14-9-16(21-3)11-17(10-14)22-4/h5-12H,1-4H3,(H,19,20). The largest absolute Gasteiger partial charge is 0.497 e. The number of nitrogens with one attached hydrogen (secondary N) is 1. The number of amides is 1. The molecule has 0 heterocycles. The summed E-state index contributed by atoms with van der Waals surface area (Å²) < 4.78 is 15.9. The van der Waals surface area contributed by atoms with Crippen LogP contribution in [0.3, 0.4) is 0 Å². The van der Waals surface area contributed by atoms with Gasteiger partial charge in [-0.1, -0.05) is 0 Å². The van der Waals surface area contributed by atoms with Crippen LogP contribution < -0.4 is 19.5 Å². The van der Waals surface area contributed by atoms with Gasteiger partial charge in [0, 0.05) is 29.4 Å². The second kappa shape index (κ2) is 7.54. The molecule has 2 aromatic rings. The Labute approximate surface area is 136 Å². The van der Waals surface area contributed by atoms with Crippen molar-refractivity contribution in [2.45, 2.75) is 20.0 Å². The number of hydrogen-bond donors (Lipinski definition) is 1. The highest BCUT2D eigenvalue weighted by atomic mass is 16.5. The maximum atomic E-state index is 12.3. The van der Waals surface area contributed by atoms with Crippen LogP contribution in [0.15, 0.2) is 42.5 Å². The van der Waals surface area contributed by atoms with Crippen LogP contribution in [0.2, 0.25) is 0 Å². The molecule has 0 aliphatic carbocycles. The number of rotatable bonds is 6. The predicted molar refractivity (Wildman–Crippen MR) is 89.7 cm³/mol. The van der Waals surface area contributed by atoms with Gasteiger partial charge >= 0.3 is 0 Å². The molecular formula is C18H21NO4. The zero-order chi connectivity index (χ0) is 16.8. The Morgan fingerprint density at radius 2 is 1.48 bits per heavy atom. The minimum atomic E-state index is -0.212. The van der Waals surface area contributed by atoms with Gasteiger partial charge in [0.15, 0.2) is 0 Å². The summed E-state index contributed by atoms with van der Waals surface area (Å²) in [6.07, 6.45) is 0.0962. The van der Waals surface area contributed by atoms with Crippen molar-refractivity contribution < 1.29 is 19.0 Å². The fraction of sp³-hybridized carbons (Fsp3) is 0.278. The molecule has 0 saturated carbocycles. The molecule has 0 aliphatic heterocycles. The van der Waals surface area contributed by atoms with Crippen LogP contribution in [0.1, 0.15) is 24.2 Å². The van der Waals surface area contributed by atoms with E-state index in [4.69, 9.17) is 14.2 Å². The third-order valence-corrected chi connectivity index (χ3v) is 3.10. The highest BCUT2D eigenvalue weighted by Gasteiger charge is 2.09. The Bertz CT molecular complexity index is 643. The maximum Gasteiger partial charge on any atom is 0.255 e. The second-order valence-corrected chi connectivity index (χ2v) is 5.25. The van der Waals surface area contributed by atoms with Gasteiger partial charge in [0.05, 0.1) is 20.3 Å². The predicted octanol–water partition coefficient (Wildman–Crippen LogP) is 3.74. The minimum absolute atomic E-state index is 0.0962. The molecule has 0 radical (unpaired) electrons.